The summed E-state index contributed by atoms with van der Waals surface area (Å²) in [6.07, 6.45) is 0.323. The second kappa shape index (κ2) is 5.92. The molecule has 6 nitrogen and oxygen atoms in total. The van der Waals surface area contributed by atoms with Gasteiger partial charge in [0.1, 0.15) is 5.54 Å². The Morgan fingerprint density at radius 3 is 2.52 bits per heavy atom. The van der Waals surface area contributed by atoms with E-state index < -0.39 is 21.3 Å². The van der Waals surface area contributed by atoms with Gasteiger partial charge >= 0.3 is 5.97 Å². The number of carboxylic acid groups (broad SMARTS) is 1. The summed E-state index contributed by atoms with van der Waals surface area (Å²) in [5.74, 6) is -1.13. The number of hydrogen-bond acceptors (Lipinski definition) is 5. The molecule has 0 bridgehead atoms. The molecule has 2 rings (SSSR count). The molecule has 1 aliphatic rings. The quantitative estimate of drug-likeness (QED) is 0.819. The van der Waals surface area contributed by atoms with Gasteiger partial charge in [-0.2, -0.15) is 0 Å². The Morgan fingerprint density at radius 2 is 2.00 bits per heavy atom. The molecule has 0 radical (unpaired) electrons. The van der Waals surface area contributed by atoms with Crippen LogP contribution in [0.2, 0.25) is 5.02 Å². The van der Waals surface area contributed by atoms with Gasteiger partial charge in [0.05, 0.1) is 10.6 Å². The third-order valence-corrected chi connectivity index (χ3v) is 5.62. The number of aliphatic carboxylic acids is 1. The summed E-state index contributed by atoms with van der Waals surface area (Å²) >= 11 is 5.73. The van der Waals surface area contributed by atoms with Crippen LogP contribution in [0.25, 0.3) is 0 Å². The minimum absolute atomic E-state index is 0.0790. The molecule has 1 fully saturated rings. The van der Waals surface area contributed by atoms with Crippen molar-refractivity contribution in [3.63, 3.8) is 0 Å². The van der Waals surface area contributed by atoms with Crippen molar-refractivity contribution >= 4 is 27.4 Å². The highest BCUT2D eigenvalue weighted by atomic mass is 35.5. The molecular formula is C13H17ClN2O4S. The molecule has 0 aliphatic carbocycles. The van der Waals surface area contributed by atoms with Crippen molar-refractivity contribution < 1.29 is 18.3 Å². The van der Waals surface area contributed by atoms with E-state index in [0.717, 1.165) is 0 Å². The minimum atomic E-state index is -3.41. The van der Waals surface area contributed by atoms with Gasteiger partial charge in [0.15, 0.2) is 9.84 Å². The molecule has 1 heterocycles. The van der Waals surface area contributed by atoms with E-state index in [2.05, 4.69) is 0 Å². The van der Waals surface area contributed by atoms with Gasteiger partial charge in [-0.05, 0) is 30.7 Å². The van der Waals surface area contributed by atoms with Gasteiger partial charge in [-0.25, -0.2) is 8.42 Å². The largest absolute Gasteiger partial charge is 0.480 e. The number of nitrogens with two attached hydrogens (primary N) is 1. The maximum absolute atomic E-state index is 12.2. The molecule has 1 aromatic rings. The molecule has 1 aliphatic heterocycles. The maximum atomic E-state index is 12.2. The standard InChI is InChI=1S/C13H17ClN2O4S/c14-10-1-3-11(4-2-10)21(19,20)8-7-16-6-5-13(15,9-16)12(17)18/h1-4H,5-9,15H2,(H,17,18). The van der Waals surface area contributed by atoms with Crippen LogP contribution < -0.4 is 5.73 Å². The molecule has 1 atom stereocenters. The molecule has 1 aromatic carbocycles. The van der Waals surface area contributed by atoms with Crippen LogP contribution in [0.15, 0.2) is 29.2 Å². The molecule has 0 saturated carbocycles. The fourth-order valence-corrected chi connectivity index (χ4v) is 3.70. The molecule has 8 heteroatoms. The minimum Gasteiger partial charge on any atom is -0.480 e. The molecule has 0 amide bonds. The van der Waals surface area contributed by atoms with E-state index in [-0.39, 0.29) is 23.7 Å². The highest BCUT2D eigenvalue weighted by Gasteiger charge is 2.41. The molecule has 21 heavy (non-hydrogen) atoms. The first-order chi connectivity index (χ1) is 9.73. The van der Waals surface area contributed by atoms with Crippen molar-refractivity contribution in [1.82, 2.24) is 4.90 Å². The van der Waals surface area contributed by atoms with E-state index in [1.54, 1.807) is 4.90 Å². The van der Waals surface area contributed by atoms with Gasteiger partial charge in [0, 0.05) is 24.7 Å². The molecular weight excluding hydrogens is 316 g/mol. The summed E-state index contributed by atoms with van der Waals surface area (Å²) < 4.78 is 24.4. The Kier molecular flexibility index (Phi) is 4.57. The second-order valence-electron chi connectivity index (χ2n) is 5.26. The summed E-state index contributed by atoms with van der Waals surface area (Å²) in [5.41, 5.74) is 4.48. The Balaban J connectivity index is 1.97. The van der Waals surface area contributed by atoms with Crippen molar-refractivity contribution in [1.29, 1.82) is 0 Å². The molecule has 0 aromatic heterocycles. The van der Waals surface area contributed by atoms with Crippen LogP contribution in [0, 0.1) is 0 Å². The number of nitrogens with zero attached hydrogens (tertiary/aromatic N) is 1. The third-order valence-electron chi connectivity index (χ3n) is 3.65. The zero-order valence-corrected chi connectivity index (χ0v) is 12.9. The van der Waals surface area contributed by atoms with Gasteiger partial charge in [-0.1, -0.05) is 11.6 Å². The van der Waals surface area contributed by atoms with Crippen LogP contribution in [-0.4, -0.2) is 55.3 Å². The maximum Gasteiger partial charge on any atom is 0.325 e. The topological polar surface area (TPSA) is 101 Å². The van der Waals surface area contributed by atoms with Crippen molar-refractivity contribution in [3.8, 4) is 0 Å². The predicted molar refractivity (Wildman–Crippen MR) is 79.1 cm³/mol. The zero-order valence-electron chi connectivity index (χ0n) is 11.3. The summed E-state index contributed by atoms with van der Waals surface area (Å²) in [4.78, 5) is 13.0. The first-order valence-corrected chi connectivity index (χ1v) is 8.49. The van der Waals surface area contributed by atoms with E-state index >= 15 is 0 Å². The lowest BCUT2D eigenvalue weighted by atomic mass is 10.0. The average molecular weight is 333 g/mol. The fourth-order valence-electron chi connectivity index (χ4n) is 2.29. The fraction of sp³-hybridized carbons (Fsp3) is 0.462. The highest BCUT2D eigenvalue weighted by molar-refractivity contribution is 7.91. The van der Waals surface area contributed by atoms with Gasteiger partial charge in [0.25, 0.3) is 0 Å². The number of likely N-dealkylation sites (tertiary alicyclic amines) is 1. The zero-order chi connectivity index (χ0) is 15.7. The highest BCUT2D eigenvalue weighted by Crippen LogP contribution is 2.20. The van der Waals surface area contributed by atoms with Gasteiger partial charge < -0.3 is 10.8 Å². The van der Waals surface area contributed by atoms with Crippen molar-refractivity contribution in [2.75, 3.05) is 25.4 Å². The van der Waals surface area contributed by atoms with Crippen LogP contribution in [0.1, 0.15) is 6.42 Å². The van der Waals surface area contributed by atoms with Crippen LogP contribution in [-0.2, 0) is 14.6 Å². The lowest BCUT2D eigenvalue weighted by Gasteiger charge is -2.19. The monoisotopic (exact) mass is 332 g/mol. The molecule has 0 spiro atoms. The second-order valence-corrected chi connectivity index (χ2v) is 7.81. The molecule has 1 saturated heterocycles. The number of hydrogen-bond donors (Lipinski definition) is 2. The summed E-state index contributed by atoms with van der Waals surface area (Å²) in [7, 11) is -3.41. The lowest BCUT2D eigenvalue weighted by Crippen LogP contribution is -2.50. The van der Waals surface area contributed by atoms with Crippen LogP contribution in [0.5, 0.6) is 0 Å². The number of halogens is 1. The van der Waals surface area contributed by atoms with Gasteiger partial charge in [-0.15, -0.1) is 0 Å². The van der Waals surface area contributed by atoms with E-state index in [4.69, 9.17) is 22.4 Å². The third kappa shape index (κ3) is 3.74. The summed E-state index contributed by atoms with van der Waals surface area (Å²) in [6.45, 7) is 0.911. The Hall–Kier alpha value is -1.15. The van der Waals surface area contributed by atoms with Crippen molar-refractivity contribution in [2.24, 2.45) is 5.73 Å². The number of carboxylic acids is 1. The normalized spacial score (nSPS) is 23.3. The number of benzene rings is 1. The molecule has 3 N–H and O–H groups in total. The Morgan fingerprint density at radius 1 is 1.38 bits per heavy atom. The average Bonchev–Trinajstić information content (AvgIpc) is 2.81. The first kappa shape index (κ1) is 16.2. The molecule has 116 valence electrons. The van der Waals surface area contributed by atoms with Crippen LogP contribution in [0.3, 0.4) is 0 Å². The first-order valence-electron chi connectivity index (χ1n) is 6.46. The molecule has 1 unspecified atom stereocenters. The van der Waals surface area contributed by atoms with E-state index in [1.165, 1.54) is 24.3 Å². The summed E-state index contributed by atoms with van der Waals surface area (Å²) in [5, 5.41) is 9.51. The van der Waals surface area contributed by atoms with E-state index in [0.29, 0.717) is 18.0 Å². The Bertz CT molecular complexity index is 632. The lowest BCUT2D eigenvalue weighted by molar-refractivity contribution is -0.142. The SMILES string of the molecule is NC1(C(=O)O)CCN(CCS(=O)(=O)c2ccc(Cl)cc2)C1. The van der Waals surface area contributed by atoms with Gasteiger partial charge in [0.2, 0.25) is 0 Å². The number of carbonyl (C=O) groups is 1. The van der Waals surface area contributed by atoms with Gasteiger partial charge in [-0.3, -0.25) is 9.69 Å². The number of rotatable bonds is 5. The number of sulfone groups is 1. The smallest absolute Gasteiger partial charge is 0.325 e. The Labute approximate surface area is 128 Å². The summed E-state index contributed by atoms with van der Waals surface area (Å²) in [6, 6.07) is 5.98. The van der Waals surface area contributed by atoms with Crippen molar-refractivity contribution in [3.05, 3.63) is 29.3 Å². The van der Waals surface area contributed by atoms with Crippen LogP contribution >= 0.6 is 11.6 Å². The van der Waals surface area contributed by atoms with Crippen LogP contribution in [0.4, 0.5) is 0 Å². The van der Waals surface area contributed by atoms with E-state index in [9.17, 15) is 13.2 Å². The predicted octanol–water partition coefficient (Wildman–Crippen LogP) is 0.601. The van der Waals surface area contributed by atoms with E-state index in [1.807, 2.05) is 0 Å². The van der Waals surface area contributed by atoms with Crippen molar-refractivity contribution in [2.45, 2.75) is 16.9 Å².